The summed E-state index contributed by atoms with van der Waals surface area (Å²) in [5, 5.41) is 3.40. The smallest absolute Gasteiger partial charge is 0.139 e. The van der Waals surface area contributed by atoms with Gasteiger partial charge in [-0.1, -0.05) is 63.6 Å². The number of likely N-dealkylation sites (tertiary alicyclic amines) is 1. The van der Waals surface area contributed by atoms with E-state index >= 15 is 0 Å². The molecule has 6 nitrogen and oxygen atoms in total. The maximum atomic E-state index is 14.2. The number of piperidine rings is 1. The van der Waals surface area contributed by atoms with Gasteiger partial charge in [-0.15, -0.1) is 11.3 Å². The van der Waals surface area contributed by atoms with Crippen LogP contribution in [0.1, 0.15) is 97.1 Å². The van der Waals surface area contributed by atoms with Gasteiger partial charge in [0.05, 0.1) is 17.9 Å². The summed E-state index contributed by atoms with van der Waals surface area (Å²) in [4.78, 5) is 24.0. The minimum absolute atomic E-state index is 0.117. The molecule has 0 bridgehead atoms. The van der Waals surface area contributed by atoms with Crippen molar-refractivity contribution >= 4 is 28.5 Å². The molecule has 4 aromatic rings. The van der Waals surface area contributed by atoms with Gasteiger partial charge in [0.1, 0.15) is 11.6 Å². The molecule has 1 aliphatic heterocycles. The molecule has 1 atom stereocenters. The lowest BCUT2D eigenvalue weighted by Gasteiger charge is -2.34. The van der Waals surface area contributed by atoms with Crippen molar-refractivity contribution in [2.24, 2.45) is 11.3 Å². The Hall–Kier alpha value is -3.42. The molecule has 1 fully saturated rings. The van der Waals surface area contributed by atoms with Crippen LogP contribution in [0.25, 0.3) is 0 Å². The second kappa shape index (κ2) is 15.0. The molecule has 2 aromatic carbocycles. The van der Waals surface area contributed by atoms with Gasteiger partial charge in [0.2, 0.25) is 0 Å². The van der Waals surface area contributed by atoms with Crippen molar-refractivity contribution in [1.29, 1.82) is 0 Å². The molecule has 3 heterocycles. The number of aryl methyl sites for hydroxylation is 2. The van der Waals surface area contributed by atoms with Gasteiger partial charge in [-0.25, -0.2) is 4.98 Å². The fourth-order valence-corrected chi connectivity index (χ4v) is 8.45. The normalized spacial score (nSPS) is 15.3. The largest absolute Gasteiger partial charge is 0.397 e. The molecule has 0 amide bonds. The number of rotatable bonds is 14. The molecule has 0 aliphatic carbocycles. The number of hydrogen-bond acceptors (Lipinski definition) is 6. The third-order valence-electron chi connectivity index (χ3n) is 10.3. The van der Waals surface area contributed by atoms with E-state index in [9.17, 15) is 4.79 Å². The summed E-state index contributed by atoms with van der Waals surface area (Å²) < 4.78 is 2.31. The summed E-state index contributed by atoms with van der Waals surface area (Å²) in [5.41, 5.74) is 12.4. The first kappa shape index (κ1) is 33.9. The summed E-state index contributed by atoms with van der Waals surface area (Å²) in [6.07, 6.45) is 9.14. The maximum Gasteiger partial charge on any atom is 0.139 e. The fourth-order valence-electron chi connectivity index (χ4n) is 7.10. The van der Waals surface area contributed by atoms with Crippen LogP contribution < -0.4 is 11.1 Å². The van der Waals surface area contributed by atoms with Gasteiger partial charge in [-0.3, -0.25) is 9.69 Å². The number of nitrogens with one attached hydrogen (secondary N) is 1. The monoisotopic (exact) mass is 639 g/mol. The van der Waals surface area contributed by atoms with Crippen molar-refractivity contribution < 1.29 is 4.79 Å². The van der Waals surface area contributed by atoms with E-state index in [0.29, 0.717) is 6.42 Å². The summed E-state index contributed by atoms with van der Waals surface area (Å²) >= 11 is 1.82. The lowest BCUT2D eigenvalue weighted by atomic mass is 9.69. The van der Waals surface area contributed by atoms with Gasteiger partial charge in [-0.2, -0.15) is 0 Å². The van der Waals surface area contributed by atoms with Gasteiger partial charge in [0.25, 0.3) is 0 Å². The predicted octanol–water partition coefficient (Wildman–Crippen LogP) is 8.61. The molecule has 0 spiro atoms. The first-order valence-electron chi connectivity index (χ1n) is 17.1. The molecule has 1 aliphatic rings. The lowest BCUT2D eigenvalue weighted by molar-refractivity contribution is -0.127. The molecule has 3 N–H and O–H groups in total. The fraction of sp³-hybridized carbons (Fsp3) is 0.487. The van der Waals surface area contributed by atoms with E-state index in [1.165, 1.54) is 40.1 Å². The quantitative estimate of drug-likeness (QED) is 0.135. The van der Waals surface area contributed by atoms with Crippen LogP contribution >= 0.6 is 11.3 Å². The third kappa shape index (κ3) is 7.58. The van der Waals surface area contributed by atoms with Crippen LogP contribution in [0.4, 0.5) is 11.4 Å². The van der Waals surface area contributed by atoms with Crippen LogP contribution in [0.3, 0.4) is 0 Å². The zero-order chi connectivity index (χ0) is 32.8. The number of nitrogen functional groups attached to an aromatic ring is 1. The maximum absolute atomic E-state index is 14.2. The Balaban J connectivity index is 1.44. The number of nitrogens with zero attached hydrogens (tertiary/aromatic N) is 3. The number of benzene rings is 2. The number of imidazole rings is 1. The number of carbonyl (C=O) groups is 1. The number of thiophene rings is 1. The average molecular weight is 640 g/mol. The molecule has 1 unspecified atom stereocenters. The first-order valence-corrected chi connectivity index (χ1v) is 18.0. The zero-order valence-corrected chi connectivity index (χ0v) is 29.6. The number of anilines is 2. The molecule has 0 saturated carbocycles. The lowest BCUT2D eigenvalue weighted by Crippen LogP contribution is -2.34. The highest BCUT2D eigenvalue weighted by Gasteiger charge is 2.40. The van der Waals surface area contributed by atoms with Gasteiger partial charge in [-0.05, 0) is 93.4 Å². The summed E-state index contributed by atoms with van der Waals surface area (Å²) in [5.74, 6) is 2.14. The predicted molar refractivity (Wildman–Crippen MR) is 194 cm³/mol. The standard InChI is InChI=1S/C39H53N5OS/c1-7-29-18-21-43(22-19-29)26-36-42-20-23-44(36)25-31-24-34(46-28(31)4)37(32-15-16-33(41-8-2)38(40)27(32)3)39(5,6)35(45)17-14-30-12-10-9-11-13-30/h9-13,15-16,20,23-24,29,37,41H,7-8,14,17-19,21-22,25-26,40H2,1-6H3. The van der Waals surface area contributed by atoms with Gasteiger partial charge < -0.3 is 15.6 Å². The van der Waals surface area contributed by atoms with Crippen LogP contribution in [0.2, 0.25) is 0 Å². The Morgan fingerprint density at radius 1 is 1.09 bits per heavy atom. The Morgan fingerprint density at radius 2 is 1.83 bits per heavy atom. The van der Waals surface area contributed by atoms with Crippen LogP contribution in [0.15, 0.2) is 60.9 Å². The van der Waals surface area contributed by atoms with Crippen LogP contribution in [-0.2, 0) is 24.3 Å². The third-order valence-corrected chi connectivity index (χ3v) is 11.4. The molecule has 1 saturated heterocycles. The van der Waals surface area contributed by atoms with E-state index in [0.717, 1.165) is 73.4 Å². The summed E-state index contributed by atoms with van der Waals surface area (Å²) in [7, 11) is 0. The molecular weight excluding hydrogens is 587 g/mol. The van der Waals surface area contributed by atoms with E-state index in [2.05, 4.69) is 92.9 Å². The van der Waals surface area contributed by atoms with E-state index < -0.39 is 5.41 Å². The highest BCUT2D eigenvalue weighted by Crippen LogP contribution is 2.48. The van der Waals surface area contributed by atoms with Crippen LogP contribution in [-0.4, -0.2) is 39.9 Å². The highest BCUT2D eigenvalue weighted by molar-refractivity contribution is 7.12. The Kier molecular flexibility index (Phi) is 11.1. The van der Waals surface area contributed by atoms with Crippen molar-refractivity contribution in [3.8, 4) is 0 Å². The molecule has 5 rings (SSSR count). The van der Waals surface area contributed by atoms with E-state index in [1.54, 1.807) is 0 Å². The van der Waals surface area contributed by atoms with Gasteiger partial charge >= 0.3 is 0 Å². The van der Waals surface area contributed by atoms with Crippen molar-refractivity contribution in [2.75, 3.05) is 30.7 Å². The van der Waals surface area contributed by atoms with Crippen molar-refractivity contribution in [3.05, 3.63) is 98.8 Å². The Labute approximate surface area is 280 Å². The number of nitrogens with two attached hydrogens (primary N) is 1. The molecule has 7 heteroatoms. The number of ketones is 1. The minimum atomic E-state index is -0.634. The molecule has 46 heavy (non-hydrogen) atoms. The van der Waals surface area contributed by atoms with E-state index in [4.69, 9.17) is 10.7 Å². The molecular formula is C39H53N5OS. The SMILES string of the molecule is CCNc1ccc(C(c2cc(Cn3ccnc3CN3CCC(CC)CC3)c(C)s2)C(C)(C)C(=O)CCc2ccccc2)c(C)c1N. The Bertz CT molecular complexity index is 1600. The zero-order valence-electron chi connectivity index (χ0n) is 28.7. The van der Waals surface area contributed by atoms with Crippen molar-refractivity contribution in [1.82, 2.24) is 14.5 Å². The van der Waals surface area contributed by atoms with Gasteiger partial charge in [0, 0.05) is 53.0 Å². The minimum Gasteiger partial charge on any atom is -0.397 e. The van der Waals surface area contributed by atoms with E-state index in [-0.39, 0.29) is 11.7 Å². The average Bonchev–Trinajstić information content (AvgIpc) is 3.65. The molecule has 0 radical (unpaired) electrons. The highest BCUT2D eigenvalue weighted by atomic mass is 32.1. The number of aromatic nitrogens is 2. The number of carbonyl (C=O) groups excluding carboxylic acids is 1. The number of Topliss-reactive ketones (excluding diaryl/α,β-unsaturated/α-hetero) is 1. The first-order chi connectivity index (χ1) is 22.1. The second-order valence-corrected chi connectivity index (χ2v) is 15.0. The summed E-state index contributed by atoms with van der Waals surface area (Å²) in [6.45, 7) is 17.7. The number of hydrogen-bond donors (Lipinski definition) is 2. The topological polar surface area (TPSA) is 76.2 Å². The van der Waals surface area contributed by atoms with Crippen LogP contribution in [0, 0.1) is 25.2 Å². The molecule has 2 aromatic heterocycles. The molecule has 246 valence electrons. The van der Waals surface area contributed by atoms with Crippen LogP contribution in [0.5, 0.6) is 0 Å². The van der Waals surface area contributed by atoms with Crippen molar-refractivity contribution in [2.45, 2.75) is 92.7 Å². The van der Waals surface area contributed by atoms with E-state index in [1.807, 2.05) is 35.7 Å². The van der Waals surface area contributed by atoms with Crippen molar-refractivity contribution in [3.63, 3.8) is 0 Å². The second-order valence-electron chi connectivity index (χ2n) is 13.7. The summed E-state index contributed by atoms with van der Waals surface area (Å²) in [6, 6.07) is 16.9. The van der Waals surface area contributed by atoms with Gasteiger partial charge in [0.15, 0.2) is 0 Å². The Morgan fingerprint density at radius 3 is 2.52 bits per heavy atom.